The Morgan fingerprint density at radius 3 is 2.40 bits per heavy atom. The molecule has 0 amide bonds. The van der Waals surface area contributed by atoms with E-state index in [0.717, 1.165) is 0 Å². The monoisotopic (exact) mass is 346 g/mol. The van der Waals surface area contributed by atoms with Gasteiger partial charge in [-0.05, 0) is 31.0 Å². The molecular formula is C17H18N2O6. The fourth-order valence-electron chi connectivity index (χ4n) is 2.41. The quantitative estimate of drug-likeness (QED) is 0.626. The summed E-state index contributed by atoms with van der Waals surface area (Å²) in [6, 6.07) is 6.48. The Morgan fingerprint density at radius 1 is 1.20 bits per heavy atom. The first-order valence-electron chi connectivity index (χ1n) is 7.45. The van der Waals surface area contributed by atoms with Gasteiger partial charge in [0.25, 0.3) is 5.56 Å². The lowest BCUT2D eigenvalue weighted by atomic mass is 9.94. The van der Waals surface area contributed by atoms with E-state index in [-0.39, 0.29) is 23.8 Å². The van der Waals surface area contributed by atoms with Gasteiger partial charge >= 0.3 is 11.9 Å². The van der Waals surface area contributed by atoms with E-state index in [1.807, 2.05) is 13.8 Å². The molecule has 0 bridgehead atoms. The molecule has 0 atom stereocenters. The largest absolute Gasteiger partial charge is 0.478 e. The van der Waals surface area contributed by atoms with Crippen molar-refractivity contribution in [2.45, 2.75) is 26.6 Å². The molecule has 0 aliphatic rings. The molecule has 8 nitrogen and oxygen atoms in total. The first kappa shape index (κ1) is 18.2. The number of carboxylic acid groups (broad SMARTS) is 2. The topological polar surface area (TPSA) is 143 Å². The van der Waals surface area contributed by atoms with Crippen molar-refractivity contribution in [1.82, 2.24) is 4.98 Å². The Labute approximate surface area is 142 Å². The molecule has 2 aromatic rings. The Bertz CT molecular complexity index is 885. The van der Waals surface area contributed by atoms with Crippen LogP contribution in [0, 0.1) is 0 Å². The molecule has 1 aromatic carbocycles. The van der Waals surface area contributed by atoms with Crippen LogP contribution in [-0.4, -0.2) is 33.2 Å². The van der Waals surface area contributed by atoms with Gasteiger partial charge in [-0.1, -0.05) is 18.2 Å². The highest BCUT2D eigenvalue weighted by Crippen LogP contribution is 2.29. The predicted molar refractivity (Wildman–Crippen MR) is 90.8 cm³/mol. The minimum atomic E-state index is -1.54. The van der Waals surface area contributed by atoms with Gasteiger partial charge in [0.1, 0.15) is 16.9 Å². The molecule has 0 fully saturated rings. The maximum absolute atomic E-state index is 12.0. The molecular weight excluding hydrogens is 328 g/mol. The van der Waals surface area contributed by atoms with E-state index in [0.29, 0.717) is 5.56 Å². The van der Waals surface area contributed by atoms with Gasteiger partial charge in [0.05, 0.1) is 12.7 Å². The van der Waals surface area contributed by atoms with Crippen molar-refractivity contribution in [2.75, 3.05) is 5.73 Å². The number of hydrogen-bond donors (Lipinski definition) is 4. The number of aromatic carboxylic acids is 2. The summed E-state index contributed by atoms with van der Waals surface area (Å²) in [5.41, 5.74) is 4.25. The lowest BCUT2D eigenvalue weighted by Gasteiger charge is -2.13. The van der Waals surface area contributed by atoms with E-state index in [4.69, 9.17) is 10.5 Å². The fourth-order valence-corrected chi connectivity index (χ4v) is 2.41. The number of aromatic nitrogens is 1. The highest BCUT2D eigenvalue weighted by atomic mass is 16.5. The zero-order valence-electron chi connectivity index (χ0n) is 13.7. The van der Waals surface area contributed by atoms with Gasteiger partial charge in [0.15, 0.2) is 0 Å². The van der Waals surface area contributed by atoms with Gasteiger partial charge in [-0.2, -0.15) is 0 Å². The van der Waals surface area contributed by atoms with Crippen LogP contribution in [0.4, 0.5) is 5.82 Å². The highest BCUT2D eigenvalue weighted by Gasteiger charge is 2.26. The Morgan fingerprint density at radius 2 is 1.84 bits per heavy atom. The fraction of sp³-hybridized carbons (Fsp3) is 0.235. The molecule has 0 spiro atoms. The second-order valence-corrected chi connectivity index (χ2v) is 5.66. The standard InChI is InChI=1S/C17H18N2O6/c1-8(2)25-7-9-4-3-5-10(6-9)11-12(16(21)22)14(18)19-15(20)13(11)17(23)24/h3-6,8H,7H2,1-2H3,(H,21,22)(H,23,24)(H3,18,19,20). The number of H-pyrrole nitrogens is 1. The Kier molecular flexibility index (Phi) is 5.23. The zero-order chi connectivity index (χ0) is 18.7. The van der Waals surface area contributed by atoms with Crippen LogP contribution in [0.3, 0.4) is 0 Å². The van der Waals surface area contributed by atoms with Crippen LogP contribution in [0.15, 0.2) is 29.1 Å². The van der Waals surface area contributed by atoms with E-state index in [2.05, 4.69) is 4.98 Å². The van der Waals surface area contributed by atoms with Crippen LogP contribution in [0.5, 0.6) is 0 Å². The molecule has 0 radical (unpaired) electrons. The van der Waals surface area contributed by atoms with Gasteiger partial charge in [0, 0.05) is 5.56 Å². The maximum atomic E-state index is 12.0. The van der Waals surface area contributed by atoms with Crippen molar-refractivity contribution >= 4 is 17.8 Å². The third kappa shape index (κ3) is 3.86. The molecule has 0 aliphatic heterocycles. The first-order chi connectivity index (χ1) is 11.7. The summed E-state index contributed by atoms with van der Waals surface area (Å²) < 4.78 is 5.50. The average molecular weight is 346 g/mol. The number of benzene rings is 1. The van der Waals surface area contributed by atoms with E-state index in [1.54, 1.807) is 18.2 Å². The summed E-state index contributed by atoms with van der Waals surface area (Å²) in [6.45, 7) is 3.99. The van der Waals surface area contributed by atoms with Gasteiger partial charge in [-0.3, -0.25) is 4.79 Å². The number of anilines is 1. The third-order valence-corrected chi connectivity index (χ3v) is 3.47. The number of nitrogen functional groups attached to an aromatic ring is 1. The van der Waals surface area contributed by atoms with Gasteiger partial charge in [0.2, 0.25) is 0 Å². The van der Waals surface area contributed by atoms with Crippen LogP contribution in [0.25, 0.3) is 11.1 Å². The number of hydrogen-bond acceptors (Lipinski definition) is 5. The molecule has 1 heterocycles. The molecule has 0 aliphatic carbocycles. The molecule has 0 saturated heterocycles. The van der Waals surface area contributed by atoms with E-state index >= 15 is 0 Å². The van der Waals surface area contributed by atoms with Crippen molar-refractivity contribution in [1.29, 1.82) is 0 Å². The SMILES string of the molecule is CC(C)OCc1cccc(-c2c(C(=O)O)c(N)[nH]c(=O)c2C(=O)O)c1. The van der Waals surface area contributed by atoms with Crippen molar-refractivity contribution in [3.63, 3.8) is 0 Å². The Hall–Kier alpha value is -3.13. The summed E-state index contributed by atoms with van der Waals surface area (Å²) in [5.74, 6) is -3.38. The maximum Gasteiger partial charge on any atom is 0.342 e. The molecule has 2 rings (SSSR count). The average Bonchev–Trinajstić information content (AvgIpc) is 2.51. The summed E-state index contributed by atoms with van der Waals surface area (Å²) >= 11 is 0. The zero-order valence-corrected chi connectivity index (χ0v) is 13.7. The third-order valence-electron chi connectivity index (χ3n) is 3.47. The van der Waals surface area contributed by atoms with Gasteiger partial charge in [-0.25, -0.2) is 9.59 Å². The normalized spacial score (nSPS) is 10.8. The summed E-state index contributed by atoms with van der Waals surface area (Å²) in [7, 11) is 0. The number of ether oxygens (including phenoxy) is 1. The molecule has 0 saturated carbocycles. The molecule has 0 unspecified atom stereocenters. The second kappa shape index (κ2) is 7.18. The van der Waals surface area contributed by atoms with Crippen LogP contribution in [0.1, 0.15) is 40.1 Å². The number of nitrogens with one attached hydrogen (secondary N) is 1. The molecule has 8 heteroatoms. The van der Waals surface area contributed by atoms with Gasteiger partial charge < -0.3 is 25.7 Å². The van der Waals surface area contributed by atoms with E-state index in [1.165, 1.54) is 6.07 Å². The Balaban J connectivity index is 2.73. The number of nitrogens with two attached hydrogens (primary N) is 1. The summed E-state index contributed by atoms with van der Waals surface area (Å²) in [5, 5.41) is 18.8. The minimum absolute atomic E-state index is 0.0111. The number of aromatic amines is 1. The smallest absolute Gasteiger partial charge is 0.342 e. The van der Waals surface area contributed by atoms with Crippen molar-refractivity contribution in [3.8, 4) is 11.1 Å². The van der Waals surface area contributed by atoms with Crippen molar-refractivity contribution < 1.29 is 24.5 Å². The highest BCUT2D eigenvalue weighted by molar-refractivity contribution is 6.07. The summed E-state index contributed by atoms with van der Waals surface area (Å²) in [4.78, 5) is 37.2. The molecule has 25 heavy (non-hydrogen) atoms. The summed E-state index contributed by atoms with van der Waals surface area (Å²) in [6.07, 6.45) is -0.0111. The predicted octanol–water partition coefficient (Wildman–Crippen LogP) is 1.95. The lowest BCUT2D eigenvalue weighted by molar-refractivity contribution is 0.0657. The minimum Gasteiger partial charge on any atom is -0.478 e. The molecule has 132 valence electrons. The number of carboxylic acids is 2. The lowest BCUT2D eigenvalue weighted by Crippen LogP contribution is -2.24. The van der Waals surface area contributed by atoms with Crippen LogP contribution in [-0.2, 0) is 11.3 Å². The van der Waals surface area contributed by atoms with E-state index in [9.17, 15) is 24.6 Å². The number of carbonyl (C=O) groups is 2. The molecule has 1 aromatic heterocycles. The van der Waals surface area contributed by atoms with Crippen molar-refractivity contribution in [2.24, 2.45) is 0 Å². The number of pyridine rings is 1. The number of rotatable bonds is 6. The van der Waals surface area contributed by atoms with Gasteiger partial charge in [-0.15, -0.1) is 0 Å². The second-order valence-electron chi connectivity index (χ2n) is 5.66. The first-order valence-corrected chi connectivity index (χ1v) is 7.45. The van der Waals surface area contributed by atoms with E-state index < -0.39 is 34.4 Å². The molecule has 5 N–H and O–H groups in total. The van der Waals surface area contributed by atoms with Crippen molar-refractivity contribution in [3.05, 3.63) is 51.3 Å². The van der Waals surface area contributed by atoms with Crippen LogP contribution >= 0.6 is 0 Å². The van der Waals surface area contributed by atoms with Crippen LogP contribution in [0.2, 0.25) is 0 Å². The van der Waals surface area contributed by atoms with Crippen LogP contribution < -0.4 is 11.3 Å².